The Labute approximate surface area is 179 Å². The molecule has 2 aromatic heterocycles. The predicted octanol–water partition coefficient (Wildman–Crippen LogP) is 1.90. The van der Waals surface area contributed by atoms with Crippen LogP contribution in [0.4, 0.5) is 5.69 Å². The van der Waals surface area contributed by atoms with Crippen molar-refractivity contribution >= 4 is 40.2 Å². The second kappa shape index (κ2) is 8.46. The number of nitro benzene ring substituents is 1. The first-order valence-electron chi connectivity index (χ1n) is 8.90. The van der Waals surface area contributed by atoms with Crippen LogP contribution in [0.1, 0.15) is 11.8 Å². The lowest BCUT2D eigenvalue weighted by molar-refractivity contribution is -0.384. The third kappa shape index (κ3) is 3.87. The fraction of sp³-hybridized carbons (Fsp3) is 0.333. The van der Waals surface area contributed by atoms with E-state index in [2.05, 4.69) is 9.97 Å². The SMILES string of the molecule is O=[N+]([O-])c1ccc(CSc2cc(Cl)nc3c2ncn3[C@@H]2O[C@H](CO)[C@@H](O)[C@H]2O)cc1. The maximum absolute atomic E-state index is 10.8. The molecule has 158 valence electrons. The fourth-order valence-electron chi connectivity index (χ4n) is 3.23. The van der Waals surface area contributed by atoms with Gasteiger partial charge in [0.25, 0.3) is 5.69 Å². The van der Waals surface area contributed by atoms with Gasteiger partial charge in [-0.25, -0.2) is 9.97 Å². The van der Waals surface area contributed by atoms with Crippen LogP contribution < -0.4 is 0 Å². The maximum Gasteiger partial charge on any atom is 0.269 e. The second-order valence-corrected chi connectivity index (χ2v) is 8.11. The number of fused-ring (bicyclic) bond motifs is 1. The third-order valence-corrected chi connectivity index (χ3v) is 6.09. The van der Waals surface area contributed by atoms with Crippen molar-refractivity contribution in [3.05, 3.63) is 57.5 Å². The van der Waals surface area contributed by atoms with Crippen LogP contribution >= 0.6 is 23.4 Å². The molecule has 0 unspecified atom stereocenters. The maximum atomic E-state index is 10.8. The number of imidazole rings is 1. The minimum Gasteiger partial charge on any atom is -0.394 e. The van der Waals surface area contributed by atoms with E-state index in [1.54, 1.807) is 18.2 Å². The monoisotopic (exact) mass is 452 g/mol. The Morgan fingerprint density at radius 1 is 1.27 bits per heavy atom. The van der Waals surface area contributed by atoms with Crippen molar-refractivity contribution in [1.82, 2.24) is 14.5 Å². The van der Waals surface area contributed by atoms with Gasteiger partial charge in [0, 0.05) is 22.8 Å². The lowest BCUT2D eigenvalue weighted by Crippen LogP contribution is -2.33. The average Bonchev–Trinajstić information content (AvgIpc) is 3.27. The van der Waals surface area contributed by atoms with Crippen LogP contribution in [-0.4, -0.2) is 59.7 Å². The minimum absolute atomic E-state index is 0.0235. The number of thioether (sulfide) groups is 1. The van der Waals surface area contributed by atoms with Crippen molar-refractivity contribution < 1.29 is 25.0 Å². The molecule has 1 aliphatic heterocycles. The van der Waals surface area contributed by atoms with Gasteiger partial charge in [0.1, 0.15) is 29.0 Å². The van der Waals surface area contributed by atoms with E-state index in [-0.39, 0.29) is 10.8 Å². The molecule has 0 radical (unpaired) electrons. The topological polar surface area (TPSA) is 144 Å². The number of aromatic nitrogens is 3. The number of hydrogen-bond donors (Lipinski definition) is 3. The van der Waals surface area contributed by atoms with Crippen LogP contribution in [0.15, 0.2) is 41.6 Å². The molecule has 0 saturated carbocycles. The summed E-state index contributed by atoms with van der Waals surface area (Å²) in [5, 5.41) is 40.6. The minimum atomic E-state index is -1.27. The molecule has 0 bridgehead atoms. The van der Waals surface area contributed by atoms with Crippen molar-refractivity contribution in [3.63, 3.8) is 0 Å². The van der Waals surface area contributed by atoms with E-state index in [9.17, 15) is 25.4 Å². The molecule has 0 spiro atoms. The van der Waals surface area contributed by atoms with Crippen LogP contribution in [-0.2, 0) is 10.5 Å². The van der Waals surface area contributed by atoms with E-state index >= 15 is 0 Å². The van der Waals surface area contributed by atoms with Crippen LogP contribution in [0.5, 0.6) is 0 Å². The third-order valence-electron chi connectivity index (χ3n) is 4.80. The number of pyridine rings is 1. The Morgan fingerprint density at radius 3 is 2.63 bits per heavy atom. The van der Waals surface area contributed by atoms with E-state index in [0.29, 0.717) is 16.9 Å². The Bertz CT molecular complexity index is 1080. The summed E-state index contributed by atoms with van der Waals surface area (Å²) in [7, 11) is 0. The Kier molecular flexibility index (Phi) is 5.91. The van der Waals surface area contributed by atoms with Gasteiger partial charge in [-0.3, -0.25) is 14.7 Å². The van der Waals surface area contributed by atoms with E-state index in [1.165, 1.54) is 34.8 Å². The highest BCUT2D eigenvalue weighted by molar-refractivity contribution is 7.98. The Morgan fingerprint density at radius 2 is 2.00 bits per heavy atom. The molecule has 0 amide bonds. The van der Waals surface area contributed by atoms with Crippen molar-refractivity contribution in [2.45, 2.75) is 35.2 Å². The van der Waals surface area contributed by atoms with Crippen molar-refractivity contribution in [2.24, 2.45) is 0 Å². The quantitative estimate of drug-likeness (QED) is 0.221. The summed E-state index contributed by atoms with van der Waals surface area (Å²) in [5.74, 6) is 0.522. The zero-order valence-corrected chi connectivity index (χ0v) is 16.9. The largest absolute Gasteiger partial charge is 0.394 e. The molecule has 30 heavy (non-hydrogen) atoms. The van der Waals surface area contributed by atoms with Crippen LogP contribution in [0.2, 0.25) is 5.15 Å². The molecular formula is C18H17ClN4O6S. The van der Waals surface area contributed by atoms with Gasteiger partial charge < -0.3 is 20.1 Å². The lowest BCUT2D eigenvalue weighted by Gasteiger charge is -2.16. The lowest BCUT2D eigenvalue weighted by atomic mass is 10.1. The standard InChI is InChI=1S/C18H17ClN4O6S/c19-13-5-12(30-7-9-1-3-10(4-2-9)23(27)28)14-17(21-13)22(8-20-14)18-16(26)15(25)11(6-24)29-18/h1-5,8,11,15-16,18,24-26H,6-7H2/t11-,15-,16-,18-/m1/s1. The molecule has 3 heterocycles. The molecule has 12 heteroatoms. The molecule has 1 aromatic carbocycles. The summed E-state index contributed by atoms with van der Waals surface area (Å²) in [5.41, 5.74) is 1.80. The number of aliphatic hydroxyl groups excluding tert-OH is 3. The van der Waals surface area contributed by atoms with E-state index < -0.39 is 36.1 Å². The van der Waals surface area contributed by atoms with Gasteiger partial charge >= 0.3 is 0 Å². The molecule has 1 aliphatic rings. The number of hydrogen-bond acceptors (Lipinski definition) is 9. The predicted molar refractivity (Wildman–Crippen MR) is 108 cm³/mol. The number of rotatable bonds is 6. The van der Waals surface area contributed by atoms with Gasteiger partial charge in [0.15, 0.2) is 11.9 Å². The number of ether oxygens (including phenoxy) is 1. The number of halogens is 1. The van der Waals surface area contributed by atoms with Gasteiger partial charge in [-0.15, -0.1) is 11.8 Å². The van der Waals surface area contributed by atoms with Gasteiger partial charge in [0.05, 0.1) is 17.9 Å². The fourth-order valence-corrected chi connectivity index (χ4v) is 4.47. The number of nitrogens with zero attached hydrogens (tertiary/aromatic N) is 4. The van der Waals surface area contributed by atoms with Gasteiger partial charge in [-0.05, 0) is 11.6 Å². The number of benzene rings is 1. The highest BCUT2D eigenvalue weighted by Gasteiger charge is 2.44. The summed E-state index contributed by atoms with van der Waals surface area (Å²) in [4.78, 5) is 19.7. The van der Waals surface area contributed by atoms with E-state index in [4.69, 9.17) is 16.3 Å². The number of aliphatic hydroxyl groups is 3. The van der Waals surface area contributed by atoms with Crippen molar-refractivity contribution in [3.8, 4) is 0 Å². The first-order chi connectivity index (χ1) is 14.4. The Balaban J connectivity index is 1.60. The summed E-state index contributed by atoms with van der Waals surface area (Å²) < 4.78 is 7.03. The van der Waals surface area contributed by atoms with Crippen molar-refractivity contribution in [1.29, 1.82) is 0 Å². The smallest absolute Gasteiger partial charge is 0.269 e. The molecule has 4 rings (SSSR count). The van der Waals surface area contributed by atoms with Gasteiger partial charge in [0.2, 0.25) is 0 Å². The summed E-state index contributed by atoms with van der Waals surface area (Å²) in [6, 6.07) is 7.92. The average molecular weight is 453 g/mol. The van der Waals surface area contributed by atoms with E-state index in [1.807, 2.05) is 0 Å². The Hall–Kier alpha value is -2.28. The van der Waals surface area contributed by atoms with Crippen LogP contribution in [0.25, 0.3) is 11.2 Å². The van der Waals surface area contributed by atoms with E-state index in [0.717, 1.165) is 10.5 Å². The molecular weight excluding hydrogens is 436 g/mol. The zero-order chi connectivity index (χ0) is 21.4. The molecule has 3 aromatic rings. The number of nitro groups is 1. The molecule has 3 N–H and O–H groups in total. The summed E-state index contributed by atoms with van der Waals surface area (Å²) >= 11 is 7.62. The van der Waals surface area contributed by atoms with Crippen LogP contribution in [0.3, 0.4) is 0 Å². The molecule has 1 fully saturated rings. The summed E-state index contributed by atoms with van der Waals surface area (Å²) in [6.45, 7) is -0.439. The molecule has 0 aliphatic carbocycles. The van der Waals surface area contributed by atoms with Crippen molar-refractivity contribution in [2.75, 3.05) is 6.61 Å². The first kappa shape index (κ1) is 21.0. The second-order valence-electron chi connectivity index (χ2n) is 6.71. The molecule has 1 saturated heterocycles. The first-order valence-corrected chi connectivity index (χ1v) is 10.3. The molecule has 4 atom stereocenters. The summed E-state index contributed by atoms with van der Waals surface area (Å²) in [6.07, 6.45) is -2.97. The normalized spacial score (nSPS) is 23.9. The van der Waals surface area contributed by atoms with Crippen LogP contribution in [0, 0.1) is 10.1 Å². The highest BCUT2D eigenvalue weighted by atomic mass is 35.5. The zero-order valence-electron chi connectivity index (χ0n) is 15.3. The highest BCUT2D eigenvalue weighted by Crippen LogP contribution is 2.35. The molecule has 10 nitrogen and oxygen atoms in total. The number of non-ortho nitro benzene ring substituents is 1. The van der Waals surface area contributed by atoms with Gasteiger partial charge in [-0.1, -0.05) is 23.7 Å². The van der Waals surface area contributed by atoms with Gasteiger partial charge in [-0.2, -0.15) is 0 Å².